The summed E-state index contributed by atoms with van der Waals surface area (Å²) < 4.78 is 0.888. The maximum absolute atomic E-state index is 11.4. The molecule has 0 radical (unpaired) electrons. The second kappa shape index (κ2) is 8.65. The van der Waals surface area contributed by atoms with Crippen LogP contribution in [-0.2, 0) is 4.79 Å². The molecule has 0 aliphatic heterocycles. The van der Waals surface area contributed by atoms with E-state index in [9.17, 15) is 4.79 Å². The highest BCUT2D eigenvalue weighted by Crippen LogP contribution is 2.03. The number of rotatable bonds is 7. The van der Waals surface area contributed by atoms with Gasteiger partial charge < -0.3 is 28.5 Å². The molecule has 0 amide bonds. The third-order valence-corrected chi connectivity index (χ3v) is 2.12. The van der Waals surface area contributed by atoms with Crippen molar-refractivity contribution in [2.24, 2.45) is 0 Å². The van der Waals surface area contributed by atoms with Crippen molar-refractivity contribution in [1.29, 1.82) is 0 Å². The fourth-order valence-electron chi connectivity index (χ4n) is 1.16. The number of Topliss-reactive ketones (excluding diaryl/α,β-unsaturated/α-hetero) is 1. The van der Waals surface area contributed by atoms with Crippen molar-refractivity contribution in [1.82, 2.24) is 0 Å². The maximum atomic E-state index is 11.4. The second-order valence-electron chi connectivity index (χ2n) is 4.76. The maximum Gasteiger partial charge on any atom is 0.138 e. The van der Waals surface area contributed by atoms with E-state index in [1.54, 1.807) is 0 Å². The molecule has 0 spiro atoms. The van der Waals surface area contributed by atoms with Crippen LogP contribution in [0.2, 0.25) is 0 Å². The van der Waals surface area contributed by atoms with Gasteiger partial charge in [0.05, 0.1) is 34.1 Å². The van der Waals surface area contributed by atoms with E-state index >= 15 is 0 Å². The van der Waals surface area contributed by atoms with E-state index in [-0.39, 0.29) is 24.0 Å². The van der Waals surface area contributed by atoms with E-state index in [2.05, 4.69) is 28.1 Å². The molecule has 0 aromatic heterocycles. The van der Waals surface area contributed by atoms with E-state index in [0.717, 1.165) is 30.3 Å². The average Bonchev–Trinajstić information content (AvgIpc) is 2.00. The Hall–Kier alpha value is 0.360. The number of quaternary nitrogens is 1. The topological polar surface area (TPSA) is 17.1 Å². The summed E-state index contributed by atoms with van der Waals surface area (Å²) in [6.45, 7) is 3.13. The van der Waals surface area contributed by atoms with E-state index in [1.807, 2.05) is 0 Å². The van der Waals surface area contributed by atoms with Gasteiger partial charge in [-0.2, -0.15) is 0 Å². The molecule has 3 heteroatoms. The van der Waals surface area contributed by atoms with Crippen LogP contribution in [0.5, 0.6) is 0 Å². The number of ketones is 1. The molecular weight excluding hydrogens is 289 g/mol. The Kier molecular flexibility index (Phi) is 10.4. The first-order chi connectivity index (χ1) is 5.95. The van der Waals surface area contributed by atoms with Gasteiger partial charge in [0.25, 0.3) is 0 Å². The Bertz CT molecular complexity index is 152. The van der Waals surface area contributed by atoms with Crippen molar-refractivity contribution >= 4 is 5.78 Å². The standard InChI is InChI=1S/C11H24NO.HI/c1-5-6-7-8-11(13)9-10-12(2,3)4;/h5-10H2,1-4H3;1H/q+1;/p-1. The van der Waals surface area contributed by atoms with Crippen molar-refractivity contribution in [2.75, 3.05) is 27.7 Å². The molecule has 0 aliphatic rings. The van der Waals surface area contributed by atoms with Gasteiger partial charge in [0.2, 0.25) is 0 Å². The van der Waals surface area contributed by atoms with Gasteiger partial charge in [-0.1, -0.05) is 19.8 Å². The Morgan fingerprint density at radius 3 is 2.07 bits per heavy atom. The van der Waals surface area contributed by atoms with Gasteiger partial charge in [0.15, 0.2) is 0 Å². The molecule has 0 saturated carbocycles. The third kappa shape index (κ3) is 12.4. The van der Waals surface area contributed by atoms with Crippen LogP contribution < -0.4 is 24.0 Å². The Morgan fingerprint density at radius 1 is 1.07 bits per heavy atom. The predicted molar refractivity (Wildman–Crippen MR) is 56.7 cm³/mol. The molecule has 2 nitrogen and oxygen atoms in total. The van der Waals surface area contributed by atoms with Gasteiger partial charge in [-0.3, -0.25) is 4.79 Å². The lowest BCUT2D eigenvalue weighted by atomic mass is 10.1. The van der Waals surface area contributed by atoms with E-state index in [4.69, 9.17) is 0 Å². The van der Waals surface area contributed by atoms with Gasteiger partial charge in [-0.25, -0.2) is 0 Å². The van der Waals surface area contributed by atoms with Gasteiger partial charge >= 0.3 is 0 Å². The van der Waals surface area contributed by atoms with Crippen molar-refractivity contribution in [3.8, 4) is 0 Å². The van der Waals surface area contributed by atoms with E-state index < -0.39 is 0 Å². The summed E-state index contributed by atoms with van der Waals surface area (Å²) >= 11 is 0. The predicted octanol–water partition coefficient (Wildman–Crippen LogP) is -0.764. The lowest BCUT2D eigenvalue weighted by molar-refractivity contribution is -0.869. The molecule has 0 heterocycles. The zero-order valence-corrected chi connectivity index (χ0v) is 12.1. The summed E-state index contributed by atoms with van der Waals surface area (Å²) in [7, 11) is 6.37. The first kappa shape index (κ1) is 16.8. The SMILES string of the molecule is CCCCCC(=O)CC[N+](C)(C)C.[I-]. The Morgan fingerprint density at radius 2 is 1.64 bits per heavy atom. The average molecular weight is 313 g/mol. The van der Waals surface area contributed by atoms with Crippen LogP contribution >= 0.6 is 0 Å². The first-order valence-corrected chi connectivity index (χ1v) is 5.28. The number of hydrogen-bond acceptors (Lipinski definition) is 1. The molecule has 0 saturated heterocycles. The second-order valence-corrected chi connectivity index (χ2v) is 4.76. The summed E-state index contributed by atoms with van der Waals surface area (Å²) in [5.74, 6) is 0.432. The quantitative estimate of drug-likeness (QED) is 0.343. The molecule has 0 unspecified atom stereocenters. The fourth-order valence-corrected chi connectivity index (χ4v) is 1.16. The van der Waals surface area contributed by atoms with Crippen LogP contribution in [0.3, 0.4) is 0 Å². The first-order valence-electron chi connectivity index (χ1n) is 5.28. The zero-order chi connectivity index (χ0) is 10.3. The normalized spacial score (nSPS) is 10.9. The fraction of sp³-hybridized carbons (Fsp3) is 0.909. The zero-order valence-electron chi connectivity index (χ0n) is 9.98. The Balaban J connectivity index is 0. The molecule has 0 rings (SSSR count). The van der Waals surface area contributed by atoms with Gasteiger partial charge in [-0.05, 0) is 6.42 Å². The smallest absolute Gasteiger partial charge is 0.138 e. The summed E-state index contributed by atoms with van der Waals surface area (Å²) in [4.78, 5) is 11.4. The summed E-state index contributed by atoms with van der Waals surface area (Å²) in [6, 6.07) is 0. The van der Waals surface area contributed by atoms with E-state index in [0.29, 0.717) is 5.78 Å². The molecule has 0 aromatic carbocycles. The molecule has 14 heavy (non-hydrogen) atoms. The van der Waals surface area contributed by atoms with Crippen LogP contribution in [0.1, 0.15) is 39.0 Å². The summed E-state index contributed by atoms with van der Waals surface area (Å²) in [6.07, 6.45) is 4.99. The minimum atomic E-state index is 0. The highest BCUT2D eigenvalue weighted by molar-refractivity contribution is 5.78. The number of unbranched alkanes of at least 4 members (excludes halogenated alkanes) is 2. The van der Waals surface area contributed by atoms with Crippen molar-refractivity contribution in [3.05, 3.63) is 0 Å². The van der Waals surface area contributed by atoms with Crippen LogP contribution in [0, 0.1) is 0 Å². The van der Waals surface area contributed by atoms with Gasteiger partial charge in [-0.15, -0.1) is 0 Å². The lowest BCUT2D eigenvalue weighted by Crippen LogP contribution is -3.00. The van der Waals surface area contributed by atoms with Crippen molar-refractivity contribution in [3.63, 3.8) is 0 Å². The van der Waals surface area contributed by atoms with Crippen LogP contribution in [-0.4, -0.2) is 38.0 Å². The highest BCUT2D eigenvalue weighted by Gasteiger charge is 2.10. The monoisotopic (exact) mass is 313 g/mol. The number of nitrogens with zero attached hydrogens (tertiary/aromatic N) is 1. The van der Waals surface area contributed by atoms with Crippen LogP contribution in [0.25, 0.3) is 0 Å². The highest BCUT2D eigenvalue weighted by atomic mass is 127. The third-order valence-electron chi connectivity index (χ3n) is 2.12. The molecule has 0 bridgehead atoms. The minimum Gasteiger partial charge on any atom is -1.00 e. The van der Waals surface area contributed by atoms with Gasteiger partial charge in [0.1, 0.15) is 5.78 Å². The molecule has 0 N–H and O–H groups in total. The van der Waals surface area contributed by atoms with E-state index in [1.165, 1.54) is 12.8 Å². The largest absolute Gasteiger partial charge is 1.00 e. The summed E-state index contributed by atoms with van der Waals surface area (Å²) in [5.41, 5.74) is 0. The number of hydrogen-bond donors (Lipinski definition) is 0. The van der Waals surface area contributed by atoms with Gasteiger partial charge in [0, 0.05) is 6.42 Å². The van der Waals surface area contributed by atoms with Crippen LogP contribution in [0.4, 0.5) is 0 Å². The summed E-state index contributed by atoms with van der Waals surface area (Å²) in [5, 5.41) is 0. The molecule has 0 atom stereocenters. The van der Waals surface area contributed by atoms with Crippen molar-refractivity contribution in [2.45, 2.75) is 39.0 Å². The Labute approximate surface area is 106 Å². The molecular formula is C11H24INO. The number of halogens is 1. The van der Waals surface area contributed by atoms with Crippen LogP contribution in [0.15, 0.2) is 0 Å². The molecule has 86 valence electrons. The molecule has 0 aliphatic carbocycles. The molecule has 0 fully saturated rings. The number of carbonyl (C=O) groups is 1. The molecule has 0 aromatic rings. The van der Waals surface area contributed by atoms with Crippen molar-refractivity contribution < 1.29 is 33.3 Å². The lowest BCUT2D eigenvalue weighted by Gasteiger charge is -2.23. The number of carbonyl (C=O) groups excluding carboxylic acids is 1. The minimum absolute atomic E-state index is 0.